The van der Waals surface area contributed by atoms with Gasteiger partial charge in [0.1, 0.15) is 0 Å². The first-order chi connectivity index (χ1) is 10.9. The molecule has 0 saturated heterocycles. The topological polar surface area (TPSA) is 34.1 Å². The van der Waals surface area contributed by atoms with Crippen LogP contribution in [0.2, 0.25) is 0 Å². The highest BCUT2D eigenvalue weighted by Gasteiger charge is 2.36. The van der Waals surface area contributed by atoms with Crippen molar-refractivity contribution in [1.82, 2.24) is 0 Å². The van der Waals surface area contributed by atoms with Crippen molar-refractivity contribution in [2.75, 3.05) is 0 Å². The summed E-state index contributed by atoms with van der Waals surface area (Å²) in [7, 11) is 0. The number of ketones is 2. The summed E-state index contributed by atoms with van der Waals surface area (Å²) >= 11 is 0.910. The average molecular weight is 334 g/mol. The van der Waals surface area contributed by atoms with Gasteiger partial charge in [0.15, 0.2) is 11.6 Å². The summed E-state index contributed by atoms with van der Waals surface area (Å²) in [5.41, 5.74) is -1.12. The Labute approximate surface area is 134 Å². The first kappa shape index (κ1) is 15.6. The third-order valence-electron chi connectivity index (χ3n) is 3.31. The Hall–Kier alpha value is -2.34. The maximum Gasteiger partial charge on any atom is 0.417 e. The smallest absolute Gasteiger partial charge is 0.289 e. The van der Waals surface area contributed by atoms with E-state index in [9.17, 15) is 22.8 Å². The summed E-state index contributed by atoms with van der Waals surface area (Å²) in [5, 5.41) is 0. The molecule has 0 aromatic heterocycles. The van der Waals surface area contributed by atoms with Gasteiger partial charge in [-0.25, -0.2) is 0 Å². The first-order valence-corrected chi connectivity index (χ1v) is 7.43. The largest absolute Gasteiger partial charge is 0.417 e. The second kappa shape index (κ2) is 5.70. The molecule has 3 rings (SSSR count). The van der Waals surface area contributed by atoms with E-state index in [1.54, 1.807) is 30.3 Å². The van der Waals surface area contributed by atoms with E-state index in [1.165, 1.54) is 0 Å². The molecule has 0 heterocycles. The van der Waals surface area contributed by atoms with E-state index in [2.05, 4.69) is 0 Å². The van der Waals surface area contributed by atoms with Gasteiger partial charge in [0.25, 0.3) is 0 Å². The SMILES string of the molecule is O=C1C=CC(=O)c2cc(C(F)(F)F)c(Sc3ccccc3)cc21. The van der Waals surface area contributed by atoms with Crippen molar-refractivity contribution in [2.24, 2.45) is 0 Å². The highest BCUT2D eigenvalue weighted by molar-refractivity contribution is 7.99. The summed E-state index contributed by atoms with van der Waals surface area (Å²) in [6.07, 6.45) is -2.54. The van der Waals surface area contributed by atoms with Crippen molar-refractivity contribution in [1.29, 1.82) is 0 Å². The molecular formula is C17H9F3O2S. The Morgan fingerprint density at radius 2 is 1.39 bits per heavy atom. The molecule has 0 bridgehead atoms. The highest BCUT2D eigenvalue weighted by Crippen LogP contribution is 2.41. The van der Waals surface area contributed by atoms with Gasteiger partial charge in [0.2, 0.25) is 0 Å². The molecule has 0 N–H and O–H groups in total. The molecule has 6 heteroatoms. The number of rotatable bonds is 2. The Kier molecular flexibility index (Phi) is 3.85. The molecule has 0 fully saturated rings. The van der Waals surface area contributed by atoms with Gasteiger partial charge in [-0.05, 0) is 36.4 Å². The van der Waals surface area contributed by atoms with Crippen molar-refractivity contribution in [2.45, 2.75) is 16.0 Å². The van der Waals surface area contributed by atoms with E-state index in [1.807, 2.05) is 0 Å². The van der Waals surface area contributed by atoms with Crippen molar-refractivity contribution in [3.63, 3.8) is 0 Å². The number of fused-ring (bicyclic) bond motifs is 1. The molecule has 0 amide bonds. The van der Waals surface area contributed by atoms with E-state index in [0.29, 0.717) is 4.90 Å². The molecule has 2 aromatic rings. The predicted octanol–water partition coefficient (Wildman–Crippen LogP) is 4.79. The Morgan fingerprint density at radius 3 is 1.96 bits per heavy atom. The standard InChI is InChI=1S/C17H9F3O2S/c18-17(19,20)13-8-11-12(15(22)7-6-14(11)21)9-16(13)23-10-4-2-1-3-5-10/h1-9H. The molecule has 0 aliphatic heterocycles. The van der Waals surface area contributed by atoms with Crippen LogP contribution in [0.5, 0.6) is 0 Å². The van der Waals surface area contributed by atoms with Crippen molar-refractivity contribution in [3.05, 3.63) is 71.3 Å². The number of carbonyl (C=O) groups is 2. The van der Waals surface area contributed by atoms with E-state index in [4.69, 9.17) is 0 Å². The molecular weight excluding hydrogens is 325 g/mol. The number of benzene rings is 2. The molecule has 2 aromatic carbocycles. The number of hydrogen-bond donors (Lipinski definition) is 0. The second-order valence-corrected chi connectivity index (χ2v) is 5.98. The minimum absolute atomic E-state index is 0.00364. The summed E-state index contributed by atoms with van der Waals surface area (Å²) in [5.74, 6) is -1.07. The monoisotopic (exact) mass is 334 g/mol. The quantitative estimate of drug-likeness (QED) is 0.792. The normalized spacial score (nSPS) is 14.0. The molecule has 1 aliphatic rings. The zero-order valence-corrected chi connectivity index (χ0v) is 12.4. The van der Waals surface area contributed by atoms with Crippen LogP contribution < -0.4 is 0 Å². The van der Waals surface area contributed by atoms with Crippen LogP contribution in [0, 0.1) is 0 Å². The second-order valence-electron chi connectivity index (χ2n) is 4.87. The van der Waals surface area contributed by atoms with Gasteiger partial charge in [-0.2, -0.15) is 13.2 Å². The lowest BCUT2D eigenvalue weighted by Crippen LogP contribution is -2.16. The number of alkyl halides is 3. The lowest BCUT2D eigenvalue weighted by Gasteiger charge is -2.17. The predicted molar refractivity (Wildman–Crippen MR) is 79.8 cm³/mol. The first-order valence-electron chi connectivity index (χ1n) is 6.61. The van der Waals surface area contributed by atoms with Crippen LogP contribution >= 0.6 is 11.8 Å². The summed E-state index contributed by atoms with van der Waals surface area (Å²) in [6, 6.07) is 10.5. The Balaban J connectivity index is 2.16. The fourth-order valence-electron chi connectivity index (χ4n) is 2.24. The van der Waals surface area contributed by atoms with Crippen LogP contribution in [0.4, 0.5) is 13.2 Å². The van der Waals surface area contributed by atoms with Gasteiger partial charge in [-0.15, -0.1) is 0 Å². The van der Waals surface area contributed by atoms with Gasteiger partial charge < -0.3 is 0 Å². The number of allylic oxidation sites excluding steroid dienone is 2. The van der Waals surface area contributed by atoms with Crippen molar-refractivity contribution in [3.8, 4) is 0 Å². The molecule has 23 heavy (non-hydrogen) atoms. The zero-order chi connectivity index (χ0) is 16.6. The van der Waals surface area contributed by atoms with Crippen LogP contribution in [0.15, 0.2) is 64.4 Å². The lowest BCUT2D eigenvalue weighted by atomic mass is 9.93. The molecule has 0 radical (unpaired) electrons. The van der Waals surface area contributed by atoms with Crippen LogP contribution in [0.3, 0.4) is 0 Å². The lowest BCUT2D eigenvalue weighted by molar-refractivity contribution is -0.139. The molecule has 0 unspecified atom stereocenters. The van der Waals surface area contributed by atoms with E-state index < -0.39 is 23.3 Å². The molecule has 2 nitrogen and oxygen atoms in total. The summed E-state index contributed by atoms with van der Waals surface area (Å²) < 4.78 is 40.0. The van der Waals surface area contributed by atoms with Crippen LogP contribution in [0.25, 0.3) is 0 Å². The van der Waals surface area contributed by atoms with Gasteiger partial charge >= 0.3 is 6.18 Å². The third kappa shape index (κ3) is 3.07. The number of carbonyl (C=O) groups excluding carboxylic acids is 2. The van der Waals surface area contributed by atoms with Gasteiger partial charge in [-0.3, -0.25) is 9.59 Å². The molecule has 0 atom stereocenters. The Morgan fingerprint density at radius 1 is 0.826 bits per heavy atom. The van der Waals surface area contributed by atoms with Crippen molar-refractivity contribution >= 4 is 23.3 Å². The van der Waals surface area contributed by atoms with E-state index >= 15 is 0 Å². The van der Waals surface area contributed by atoms with Gasteiger partial charge in [-0.1, -0.05) is 30.0 Å². The van der Waals surface area contributed by atoms with Crippen LogP contribution in [-0.2, 0) is 6.18 Å². The maximum atomic E-state index is 13.3. The zero-order valence-electron chi connectivity index (χ0n) is 11.6. The summed E-state index contributed by atoms with van der Waals surface area (Å²) in [6.45, 7) is 0. The highest BCUT2D eigenvalue weighted by atomic mass is 32.2. The molecule has 0 spiro atoms. The fraction of sp³-hybridized carbons (Fsp3) is 0.0588. The van der Waals surface area contributed by atoms with Crippen LogP contribution in [0.1, 0.15) is 26.3 Å². The molecule has 0 saturated carbocycles. The minimum Gasteiger partial charge on any atom is -0.289 e. The number of hydrogen-bond acceptors (Lipinski definition) is 3. The van der Waals surface area contributed by atoms with Crippen molar-refractivity contribution < 1.29 is 22.8 Å². The third-order valence-corrected chi connectivity index (χ3v) is 4.38. The van der Waals surface area contributed by atoms with E-state index in [-0.39, 0.29) is 16.0 Å². The minimum atomic E-state index is -4.61. The molecule has 1 aliphatic carbocycles. The van der Waals surface area contributed by atoms with Crippen LogP contribution in [-0.4, -0.2) is 11.6 Å². The molecule has 116 valence electrons. The maximum absolute atomic E-state index is 13.3. The van der Waals surface area contributed by atoms with Gasteiger partial charge in [0, 0.05) is 20.9 Å². The fourth-order valence-corrected chi connectivity index (χ4v) is 3.25. The van der Waals surface area contributed by atoms with E-state index in [0.717, 1.165) is 36.0 Å². The van der Waals surface area contributed by atoms with Gasteiger partial charge in [0.05, 0.1) is 5.56 Å². The Bertz CT molecular complexity index is 824. The summed E-state index contributed by atoms with van der Waals surface area (Å²) in [4.78, 5) is 24.1. The average Bonchev–Trinajstić information content (AvgIpc) is 2.51. The number of halogens is 3.